The van der Waals surface area contributed by atoms with E-state index in [1.807, 2.05) is 92.0 Å². The van der Waals surface area contributed by atoms with E-state index in [1.165, 1.54) is 11.3 Å². The summed E-state index contributed by atoms with van der Waals surface area (Å²) in [5.74, 6) is -1.17. The Morgan fingerprint density at radius 2 is 1.40 bits per heavy atom. The molecule has 0 saturated heterocycles. The molecule has 178 valence electrons. The molecule has 0 aliphatic rings. The van der Waals surface area contributed by atoms with Crippen LogP contribution in [0.25, 0.3) is 11.3 Å². The van der Waals surface area contributed by atoms with Crippen LogP contribution in [-0.2, 0) is 9.59 Å². The number of carbonyl (C=O) groups is 2. The molecule has 2 N–H and O–H groups in total. The lowest BCUT2D eigenvalue weighted by atomic mass is 9.89. The van der Waals surface area contributed by atoms with Crippen LogP contribution in [0.3, 0.4) is 0 Å². The Labute approximate surface area is 214 Å². The van der Waals surface area contributed by atoms with Gasteiger partial charge in [0.2, 0.25) is 11.8 Å². The van der Waals surface area contributed by atoms with Gasteiger partial charge in [0, 0.05) is 16.0 Å². The van der Waals surface area contributed by atoms with Gasteiger partial charge in [-0.15, -0.1) is 11.3 Å². The van der Waals surface area contributed by atoms with Crippen LogP contribution in [0.1, 0.15) is 30.9 Å². The third-order valence-corrected chi connectivity index (χ3v) is 6.66. The third kappa shape index (κ3) is 6.15. The Bertz CT molecular complexity index is 1240. The molecule has 0 bridgehead atoms. The Balaban J connectivity index is 1.51. The van der Waals surface area contributed by atoms with Gasteiger partial charge in [0.1, 0.15) is 6.04 Å². The Kier molecular flexibility index (Phi) is 7.95. The lowest BCUT2D eigenvalue weighted by Gasteiger charge is -2.25. The summed E-state index contributed by atoms with van der Waals surface area (Å²) in [5, 5.41) is 8.87. The van der Waals surface area contributed by atoms with Crippen LogP contribution >= 0.6 is 22.9 Å². The van der Waals surface area contributed by atoms with Crippen LogP contribution in [-0.4, -0.2) is 22.8 Å². The van der Waals surface area contributed by atoms with Crippen LogP contribution in [0, 0.1) is 5.92 Å². The van der Waals surface area contributed by atoms with Crippen LogP contribution in [0.15, 0.2) is 90.3 Å². The van der Waals surface area contributed by atoms with Crippen molar-refractivity contribution in [2.24, 2.45) is 5.92 Å². The smallest absolute Gasteiger partial charge is 0.248 e. The molecule has 1 aromatic heterocycles. The minimum atomic E-state index is -0.722. The fourth-order valence-electron chi connectivity index (χ4n) is 3.83. The van der Waals surface area contributed by atoms with Gasteiger partial charge in [-0.1, -0.05) is 98.2 Å². The number of nitrogens with zero attached hydrogens (tertiary/aromatic N) is 1. The zero-order chi connectivity index (χ0) is 24.8. The second-order valence-corrected chi connectivity index (χ2v) is 9.81. The van der Waals surface area contributed by atoms with Gasteiger partial charge in [0.05, 0.1) is 11.6 Å². The van der Waals surface area contributed by atoms with Crippen LogP contribution in [0.2, 0.25) is 5.02 Å². The van der Waals surface area contributed by atoms with E-state index < -0.39 is 12.0 Å². The molecule has 0 aliphatic carbocycles. The largest absolute Gasteiger partial charge is 0.343 e. The first-order valence-corrected chi connectivity index (χ1v) is 12.6. The average molecular weight is 504 g/mol. The lowest BCUT2D eigenvalue weighted by Crippen LogP contribution is -2.48. The first-order chi connectivity index (χ1) is 16.9. The van der Waals surface area contributed by atoms with Crippen molar-refractivity contribution in [3.8, 4) is 11.3 Å². The number of amides is 2. The summed E-state index contributed by atoms with van der Waals surface area (Å²) >= 11 is 7.31. The normalized spacial score (nSPS) is 11.9. The van der Waals surface area contributed by atoms with E-state index in [0.29, 0.717) is 10.2 Å². The summed E-state index contributed by atoms with van der Waals surface area (Å²) in [6, 6.07) is 25.8. The van der Waals surface area contributed by atoms with Gasteiger partial charge in [-0.2, -0.15) is 0 Å². The number of aromatic nitrogens is 1. The first-order valence-electron chi connectivity index (χ1n) is 11.3. The number of halogens is 1. The Hall–Kier alpha value is -3.48. The highest BCUT2D eigenvalue weighted by Gasteiger charge is 2.30. The minimum absolute atomic E-state index is 0.123. The number of rotatable bonds is 8. The molecule has 1 atom stereocenters. The number of hydrogen-bond acceptors (Lipinski definition) is 4. The number of carbonyl (C=O) groups excluding carboxylic acids is 2. The number of nitrogens with one attached hydrogen (secondary N) is 2. The molecule has 0 fully saturated rings. The number of hydrogen-bond donors (Lipinski definition) is 2. The zero-order valence-corrected chi connectivity index (χ0v) is 21.0. The van der Waals surface area contributed by atoms with E-state index in [4.69, 9.17) is 11.6 Å². The molecular formula is C28H26ClN3O2S. The molecule has 5 nitrogen and oxygen atoms in total. The molecule has 35 heavy (non-hydrogen) atoms. The molecule has 0 aliphatic heterocycles. The van der Waals surface area contributed by atoms with E-state index in [2.05, 4.69) is 15.6 Å². The van der Waals surface area contributed by atoms with E-state index in [0.717, 1.165) is 22.4 Å². The molecule has 2 amide bonds. The van der Waals surface area contributed by atoms with Gasteiger partial charge in [0.25, 0.3) is 0 Å². The van der Waals surface area contributed by atoms with E-state index in [1.54, 1.807) is 12.1 Å². The molecule has 7 heteroatoms. The SMILES string of the molecule is CC(C)[C@@H](NC(=O)C(c1ccccc1)c1ccccc1)C(=O)Nc1nc(-c2ccc(Cl)cc2)cs1. The summed E-state index contributed by atoms with van der Waals surface area (Å²) in [4.78, 5) is 31.2. The fraction of sp³-hybridized carbons (Fsp3) is 0.179. The summed E-state index contributed by atoms with van der Waals surface area (Å²) in [5.41, 5.74) is 3.40. The second-order valence-electron chi connectivity index (χ2n) is 8.52. The van der Waals surface area contributed by atoms with Crippen molar-refractivity contribution in [1.29, 1.82) is 0 Å². The number of thiazole rings is 1. The first kappa shape index (κ1) is 24.6. The quantitative estimate of drug-likeness (QED) is 0.293. The standard InChI is InChI=1S/C28H26ClN3O2S/c1-18(2)25(27(34)32-28-30-23(17-35-28)19-13-15-22(29)16-14-19)31-26(33)24(20-9-5-3-6-10-20)21-11-7-4-8-12-21/h3-18,24-25H,1-2H3,(H,31,33)(H,30,32,34)/t25-/m1/s1. The van der Waals surface area contributed by atoms with Crippen LogP contribution in [0.4, 0.5) is 5.13 Å². The van der Waals surface area contributed by atoms with Crippen LogP contribution < -0.4 is 10.6 Å². The highest BCUT2D eigenvalue weighted by atomic mass is 35.5. The van der Waals surface area contributed by atoms with Gasteiger partial charge in [-0.3, -0.25) is 9.59 Å². The molecule has 0 saturated carbocycles. The van der Waals surface area contributed by atoms with Crippen molar-refractivity contribution in [3.63, 3.8) is 0 Å². The number of anilines is 1. The molecular weight excluding hydrogens is 478 g/mol. The fourth-order valence-corrected chi connectivity index (χ4v) is 4.67. The molecule has 0 radical (unpaired) electrons. The van der Waals surface area contributed by atoms with Gasteiger partial charge in [-0.25, -0.2) is 4.98 Å². The van der Waals surface area contributed by atoms with Crippen molar-refractivity contribution in [1.82, 2.24) is 10.3 Å². The Morgan fingerprint density at radius 3 is 1.94 bits per heavy atom. The van der Waals surface area contributed by atoms with E-state index >= 15 is 0 Å². The summed E-state index contributed by atoms with van der Waals surface area (Å²) < 4.78 is 0. The highest BCUT2D eigenvalue weighted by molar-refractivity contribution is 7.14. The van der Waals surface area contributed by atoms with Gasteiger partial charge >= 0.3 is 0 Å². The predicted molar refractivity (Wildman–Crippen MR) is 143 cm³/mol. The lowest BCUT2D eigenvalue weighted by molar-refractivity contribution is -0.127. The molecule has 0 unspecified atom stereocenters. The Morgan fingerprint density at radius 1 is 0.829 bits per heavy atom. The van der Waals surface area contributed by atoms with Gasteiger partial charge in [0.15, 0.2) is 5.13 Å². The van der Waals surface area contributed by atoms with Crippen molar-refractivity contribution < 1.29 is 9.59 Å². The second kappa shape index (κ2) is 11.3. The summed E-state index contributed by atoms with van der Waals surface area (Å²) in [6.45, 7) is 3.82. The van der Waals surface area contributed by atoms with Crippen LogP contribution in [0.5, 0.6) is 0 Å². The third-order valence-electron chi connectivity index (χ3n) is 5.65. The zero-order valence-electron chi connectivity index (χ0n) is 19.4. The number of benzene rings is 3. The topological polar surface area (TPSA) is 71.1 Å². The molecule has 4 rings (SSSR count). The van der Waals surface area contributed by atoms with Crippen molar-refractivity contribution in [2.75, 3.05) is 5.32 Å². The van der Waals surface area contributed by atoms with E-state index in [-0.39, 0.29) is 17.7 Å². The molecule has 3 aromatic carbocycles. The summed E-state index contributed by atoms with van der Waals surface area (Å²) in [7, 11) is 0. The summed E-state index contributed by atoms with van der Waals surface area (Å²) in [6.07, 6.45) is 0. The van der Waals surface area contributed by atoms with Crippen molar-refractivity contribution in [2.45, 2.75) is 25.8 Å². The van der Waals surface area contributed by atoms with Gasteiger partial charge in [-0.05, 0) is 29.2 Å². The monoisotopic (exact) mass is 503 g/mol. The van der Waals surface area contributed by atoms with E-state index in [9.17, 15) is 9.59 Å². The molecule has 1 heterocycles. The average Bonchev–Trinajstić information content (AvgIpc) is 3.32. The van der Waals surface area contributed by atoms with Gasteiger partial charge < -0.3 is 10.6 Å². The molecule has 0 spiro atoms. The predicted octanol–water partition coefficient (Wildman–Crippen LogP) is 6.37. The maximum Gasteiger partial charge on any atom is 0.248 e. The maximum atomic E-state index is 13.5. The maximum absolute atomic E-state index is 13.5. The highest BCUT2D eigenvalue weighted by Crippen LogP contribution is 2.27. The minimum Gasteiger partial charge on any atom is -0.343 e. The molecule has 4 aromatic rings. The van der Waals surface area contributed by atoms with Crippen molar-refractivity contribution in [3.05, 3.63) is 106 Å². The van der Waals surface area contributed by atoms with Crippen molar-refractivity contribution >= 4 is 39.9 Å².